The monoisotopic (exact) mass is 393 g/mol. The second-order valence-electron chi connectivity index (χ2n) is 6.04. The summed E-state index contributed by atoms with van der Waals surface area (Å²) in [4.78, 5) is 11.6. The van der Waals surface area contributed by atoms with E-state index in [1.165, 1.54) is 31.4 Å². The number of carbonyl (C=O) groups excluding carboxylic acids is 1. The lowest BCUT2D eigenvalue weighted by Gasteiger charge is -2.32. The Balaban J connectivity index is 1.93. The van der Waals surface area contributed by atoms with Crippen LogP contribution in [0.1, 0.15) is 12.8 Å². The standard InChI is InChI=1S/C18H21N2O6S/c1-25-15-9-11-17(12-10-15)27(23,24)20(22,14-21)19-13-5-8-18(19)26-16-6-3-2-4-7-16/h2-4,6-7,9-12,14,18,22H,5,8,13H2,1H3/q+1/t18-,20?/m1/s1. The van der Waals surface area contributed by atoms with Crippen LogP contribution in [0, 0.1) is 0 Å². The number of hydroxylamine groups is 1. The smallest absolute Gasteiger partial charge is 0.383 e. The van der Waals surface area contributed by atoms with E-state index in [1.54, 1.807) is 24.3 Å². The minimum Gasteiger partial charge on any atom is -0.497 e. The van der Waals surface area contributed by atoms with Gasteiger partial charge in [0.15, 0.2) is 0 Å². The number of rotatable bonds is 7. The molecule has 2 aromatic rings. The van der Waals surface area contributed by atoms with Crippen LogP contribution >= 0.6 is 0 Å². The summed E-state index contributed by atoms with van der Waals surface area (Å²) in [6, 6.07) is 14.3. The molecule has 3 rings (SSSR count). The maximum atomic E-state index is 13.0. The fraction of sp³-hybridized carbons (Fsp3) is 0.278. The third-order valence-electron chi connectivity index (χ3n) is 4.40. The first kappa shape index (κ1) is 19.3. The Morgan fingerprint density at radius 2 is 1.78 bits per heavy atom. The van der Waals surface area contributed by atoms with Gasteiger partial charge >= 0.3 is 16.4 Å². The lowest BCUT2D eigenvalue weighted by Crippen LogP contribution is -2.62. The Bertz CT molecular complexity index is 888. The van der Waals surface area contributed by atoms with Gasteiger partial charge in [0.25, 0.3) is 0 Å². The summed E-state index contributed by atoms with van der Waals surface area (Å²) in [6.45, 7) is 0.183. The van der Waals surface area contributed by atoms with Crippen LogP contribution in [0.15, 0.2) is 59.5 Å². The zero-order chi connectivity index (χ0) is 19.5. The summed E-state index contributed by atoms with van der Waals surface area (Å²) in [5.41, 5.74) is 0. The van der Waals surface area contributed by atoms with Crippen LogP contribution in [-0.2, 0) is 14.8 Å². The van der Waals surface area contributed by atoms with Crippen molar-refractivity contribution < 1.29 is 32.1 Å². The van der Waals surface area contributed by atoms with Gasteiger partial charge < -0.3 is 9.47 Å². The van der Waals surface area contributed by atoms with Crippen LogP contribution in [0.25, 0.3) is 0 Å². The van der Waals surface area contributed by atoms with Gasteiger partial charge in [-0.05, 0) is 42.8 Å². The van der Waals surface area contributed by atoms with Crippen LogP contribution in [0.5, 0.6) is 11.5 Å². The summed E-state index contributed by atoms with van der Waals surface area (Å²) >= 11 is 0. The Hall–Kier alpha value is -2.46. The van der Waals surface area contributed by atoms with Gasteiger partial charge in [-0.25, -0.2) is 4.79 Å². The quantitative estimate of drug-likeness (QED) is 0.333. The van der Waals surface area contributed by atoms with Crippen molar-refractivity contribution in [2.24, 2.45) is 0 Å². The zero-order valence-electron chi connectivity index (χ0n) is 14.8. The van der Waals surface area contributed by atoms with E-state index in [-0.39, 0.29) is 17.9 Å². The highest BCUT2D eigenvalue weighted by Gasteiger charge is 2.55. The number of methoxy groups -OCH3 is 1. The van der Waals surface area contributed by atoms with E-state index < -0.39 is 20.4 Å². The molecule has 1 aliphatic heterocycles. The fourth-order valence-electron chi connectivity index (χ4n) is 2.98. The minimum absolute atomic E-state index is 0.00770. The summed E-state index contributed by atoms with van der Waals surface area (Å²) in [7, 11) is -3.01. The Labute approximate surface area is 157 Å². The predicted molar refractivity (Wildman–Crippen MR) is 95.1 cm³/mol. The van der Waals surface area contributed by atoms with E-state index in [1.807, 2.05) is 6.07 Å². The van der Waals surface area contributed by atoms with Crippen molar-refractivity contribution in [1.82, 2.24) is 5.01 Å². The predicted octanol–water partition coefficient (Wildman–Crippen LogP) is 2.16. The van der Waals surface area contributed by atoms with Gasteiger partial charge in [0.2, 0.25) is 6.23 Å². The largest absolute Gasteiger partial charge is 0.497 e. The van der Waals surface area contributed by atoms with Crippen LogP contribution in [0.3, 0.4) is 0 Å². The van der Waals surface area contributed by atoms with E-state index in [0.29, 0.717) is 24.3 Å². The van der Waals surface area contributed by atoms with Gasteiger partial charge in [0.1, 0.15) is 16.4 Å². The molecule has 1 fully saturated rings. The number of sulfonamides is 1. The van der Waals surface area contributed by atoms with Crippen molar-refractivity contribution in [3.05, 3.63) is 54.6 Å². The number of carbonyl (C=O) groups is 1. The molecule has 1 amide bonds. The average molecular weight is 393 g/mol. The van der Waals surface area contributed by atoms with Crippen LogP contribution in [0.2, 0.25) is 0 Å². The van der Waals surface area contributed by atoms with E-state index in [2.05, 4.69) is 0 Å². The SMILES string of the molecule is COc1ccc(S(=O)(=O)[N+](O)(C=O)N2CCC[C@H]2Oc2ccccc2)cc1. The molecule has 0 aliphatic carbocycles. The molecular formula is C18H21N2O6S+. The van der Waals surface area contributed by atoms with Crippen molar-refractivity contribution in [3.8, 4) is 11.5 Å². The van der Waals surface area contributed by atoms with E-state index in [0.717, 1.165) is 5.01 Å². The highest BCUT2D eigenvalue weighted by atomic mass is 32.2. The van der Waals surface area contributed by atoms with E-state index in [9.17, 15) is 18.4 Å². The van der Waals surface area contributed by atoms with Crippen molar-refractivity contribution in [1.29, 1.82) is 0 Å². The molecule has 0 spiro atoms. The van der Waals surface area contributed by atoms with E-state index in [4.69, 9.17) is 9.47 Å². The molecule has 1 N–H and O–H groups in total. The van der Waals surface area contributed by atoms with Gasteiger partial charge in [-0.1, -0.05) is 23.2 Å². The molecule has 2 atom stereocenters. The summed E-state index contributed by atoms with van der Waals surface area (Å²) in [6.07, 6.45) is 0.271. The van der Waals surface area contributed by atoms with Gasteiger partial charge in [-0.15, -0.1) is 0 Å². The van der Waals surface area contributed by atoms with Gasteiger partial charge in [-0.3, -0.25) is 0 Å². The van der Waals surface area contributed by atoms with Crippen LogP contribution in [-0.4, -0.2) is 49.1 Å². The van der Waals surface area contributed by atoms with Gasteiger partial charge in [0, 0.05) is 6.42 Å². The Kier molecular flexibility index (Phi) is 5.47. The fourth-order valence-corrected chi connectivity index (χ4v) is 4.35. The average Bonchev–Trinajstić information content (AvgIpc) is 3.16. The molecule has 0 radical (unpaired) electrons. The summed E-state index contributed by atoms with van der Waals surface area (Å²) in [5.74, 6) is 0.983. The van der Waals surface area contributed by atoms with Crippen LogP contribution in [0.4, 0.5) is 0 Å². The first-order valence-corrected chi connectivity index (χ1v) is 9.82. The van der Waals surface area contributed by atoms with Crippen LogP contribution < -0.4 is 9.47 Å². The molecule has 9 heteroatoms. The number of ether oxygens (including phenoxy) is 2. The molecule has 27 heavy (non-hydrogen) atoms. The molecule has 144 valence electrons. The third kappa shape index (κ3) is 3.54. The Morgan fingerprint density at radius 1 is 1.11 bits per heavy atom. The third-order valence-corrected chi connectivity index (χ3v) is 6.27. The van der Waals surface area contributed by atoms with E-state index >= 15 is 0 Å². The Morgan fingerprint density at radius 3 is 2.37 bits per heavy atom. The first-order valence-electron chi connectivity index (χ1n) is 8.38. The van der Waals surface area contributed by atoms with Crippen molar-refractivity contribution in [2.45, 2.75) is 24.0 Å². The number of para-hydroxylation sites is 1. The molecule has 8 nitrogen and oxygen atoms in total. The summed E-state index contributed by atoms with van der Waals surface area (Å²) in [5, 5.41) is 12.0. The molecule has 1 unspecified atom stereocenters. The topological polar surface area (TPSA) is 93.1 Å². The van der Waals surface area contributed by atoms with Gasteiger partial charge in [0.05, 0.1) is 17.8 Å². The van der Waals surface area contributed by atoms with Crippen molar-refractivity contribution in [2.75, 3.05) is 13.7 Å². The minimum atomic E-state index is -4.47. The molecule has 1 aliphatic rings. The molecule has 1 heterocycles. The second-order valence-corrected chi connectivity index (χ2v) is 7.99. The number of nitrogens with zero attached hydrogens (tertiary/aromatic N) is 2. The number of quaternary nitrogens is 1. The number of amides is 1. The van der Waals surface area contributed by atoms with Gasteiger partial charge in [-0.2, -0.15) is 13.6 Å². The molecule has 0 bridgehead atoms. The number of benzene rings is 2. The maximum absolute atomic E-state index is 13.0. The normalized spacial score (nSPS) is 20.0. The summed E-state index contributed by atoms with van der Waals surface area (Å²) < 4.78 is 35.0. The lowest BCUT2D eigenvalue weighted by molar-refractivity contribution is -1.03. The highest BCUT2D eigenvalue weighted by molar-refractivity contribution is 7.86. The van der Waals surface area contributed by atoms with Crippen molar-refractivity contribution >= 4 is 16.4 Å². The highest BCUT2D eigenvalue weighted by Crippen LogP contribution is 2.31. The molecule has 0 aromatic heterocycles. The number of hydrogen-bond acceptors (Lipinski definition) is 7. The molecule has 1 saturated heterocycles. The van der Waals surface area contributed by atoms with Crippen molar-refractivity contribution in [3.63, 3.8) is 0 Å². The molecule has 0 saturated carbocycles. The molecule has 2 aromatic carbocycles. The number of hydrogen-bond donors (Lipinski definition) is 1. The maximum Gasteiger partial charge on any atom is 0.383 e. The zero-order valence-corrected chi connectivity index (χ0v) is 15.6. The first-order chi connectivity index (χ1) is 12.9. The lowest BCUT2D eigenvalue weighted by atomic mass is 10.3. The second kappa shape index (κ2) is 7.65. The molecular weight excluding hydrogens is 372 g/mol.